The molecule has 2 aromatic rings. The summed E-state index contributed by atoms with van der Waals surface area (Å²) in [5, 5.41) is 4.52. The van der Waals surface area contributed by atoms with Gasteiger partial charge in [0, 0.05) is 5.39 Å². The molecule has 0 atom stereocenters. The van der Waals surface area contributed by atoms with Crippen molar-refractivity contribution in [3.63, 3.8) is 0 Å². The van der Waals surface area contributed by atoms with Crippen molar-refractivity contribution in [1.82, 2.24) is 5.16 Å². The van der Waals surface area contributed by atoms with Crippen LogP contribution in [-0.2, 0) is 0 Å². The van der Waals surface area contributed by atoms with Gasteiger partial charge in [-0.1, -0.05) is 17.3 Å². The summed E-state index contributed by atoms with van der Waals surface area (Å²) in [5.74, 6) is 0. The average Bonchev–Trinajstić information content (AvgIpc) is 2.33. The number of hydrogen-bond donors (Lipinski definition) is 0. The Labute approximate surface area is 52.1 Å². The molecule has 1 heterocycles. The van der Waals surface area contributed by atoms with Crippen molar-refractivity contribution in [2.45, 2.75) is 0 Å². The van der Waals surface area contributed by atoms with Crippen molar-refractivity contribution < 1.29 is 4.52 Å². The van der Waals surface area contributed by atoms with Crippen LogP contribution in [-0.4, -0.2) is 5.16 Å². The molecule has 2 rings (SSSR count). The first-order valence-corrected chi connectivity index (χ1v) is 2.68. The van der Waals surface area contributed by atoms with Gasteiger partial charge in [-0.2, -0.15) is 0 Å². The Morgan fingerprint density at radius 2 is 2.56 bits per heavy atom. The van der Waals surface area contributed by atoms with E-state index in [2.05, 4.69) is 11.2 Å². The maximum absolute atomic E-state index is 4.84. The van der Waals surface area contributed by atoms with Gasteiger partial charge in [-0.15, -0.1) is 0 Å². The molecule has 0 aliphatic rings. The molecule has 0 saturated carbocycles. The van der Waals surface area contributed by atoms with Gasteiger partial charge in [0.2, 0.25) is 0 Å². The van der Waals surface area contributed by atoms with Crippen LogP contribution in [0.5, 0.6) is 0 Å². The Balaban J connectivity index is 2.95. The highest BCUT2D eigenvalue weighted by Gasteiger charge is 1.92. The largest absolute Gasteiger partial charge is 0.356 e. The van der Waals surface area contributed by atoms with E-state index < -0.39 is 0 Å². The second-order valence-corrected chi connectivity index (χ2v) is 1.77. The highest BCUT2D eigenvalue weighted by molar-refractivity contribution is 5.74. The van der Waals surface area contributed by atoms with Gasteiger partial charge in [0.25, 0.3) is 0 Å². The van der Waals surface area contributed by atoms with Crippen molar-refractivity contribution >= 4 is 11.0 Å². The van der Waals surface area contributed by atoms with Crippen LogP contribution in [0.1, 0.15) is 0 Å². The van der Waals surface area contributed by atoms with E-state index in [1.807, 2.05) is 18.2 Å². The smallest absolute Gasteiger partial charge is 0.167 e. The maximum Gasteiger partial charge on any atom is 0.167 e. The Hall–Kier alpha value is -1.31. The molecule has 2 heteroatoms. The minimum atomic E-state index is 0.789. The predicted octanol–water partition coefficient (Wildman–Crippen LogP) is 1.63. The molecule has 43 valence electrons. The maximum atomic E-state index is 4.84. The second-order valence-electron chi connectivity index (χ2n) is 1.77. The first kappa shape index (κ1) is 4.56. The number of fused-ring (bicyclic) bond motifs is 1. The highest BCUT2D eigenvalue weighted by atomic mass is 16.5. The van der Waals surface area contributed by atoms with E-state index in [1.165, 1.54) is 0 Å². The van der Waals surface area contributed by atoms with Crippen LogP contribution in [0.25, 0.3) is 11.0 Å². The van der Waals surface area contributed by atoms with Gasteiger partial charge in [-0.3, -0.25) is 0 Å². The quantitative estimate of drug-likeness (QED) is 0.525. The van der Waals surface area contributed by atoms with Crippen LogP contribution in [0.4, 0.5) is 0 Å². The van der Waals surface area contributed by atoms with Crippen molar-refractivity contribution in [2.24, 2.45) is 0 Å². The fraction of sp³-hybridized carbons (Fsp3) is 0. The summed E-state index contributed by atoms with van der Waals surface area (Å²) in [6.07, 6.45) is 1.65. The van der Waals surface area contributed by atoms with Crippen molar-refractivity contribution in [2.75, 3.05) is 0 Å². The van der Waals surface area contributed by atoms with Crippen LogP contribution >= 0.6 is 0 Å². The monoisotopic (exact) mass is 118 g/mol. The topological polar surface area (TPSA) is 26.0 Å². The normalized spacial score (nSPS) is 10.2. The minimum absolute atomic E-state index is 0.789. The van der Waals surface area contributed by atoms with Gasteiger partial charge < -0.3 is 4.52 Å². The molecular weight excluding hydrogens is 114 g/mol. The van der Waals surface area contributed by atoms with Crippen LogP contribution in [0.2, 0.25) is 0 Å². The van der Waals surface area contributed by atoms with E-state index >= 15 is 0 Å². The summed E-state index contributed by atoms with van der Waals surface area (Å²) in [7, 11) is 0. The minimum Gasteiger partial charge on any atom is -0.356 e. The number of hydrogen-bond acceptors (Lipinski definition) is 2. The zero-order valence-corrected chi connectivity index (χ0v) is 4.66. The van der Waals surface area contributed by atoms with E-state index in [9.17, 15) is 0 Å². The molecule has 1 radical (unpaired) electrons. The lowest BCUT2D eigenvalue weighted by molar-refractivity contribution is 0.456. The third-order valence-electron chi connectivity index (χ3n) is 1.18. The molecule has 0 unspecified atom stereocenters. The first-order chi connectivity index (χ1) is 4.47. The van der Waals surface area contributed by atoms with Gasteiger partial charge in [0.15, 0.2) is 5.58 Å². The van der Waals surface area contributed by atoms with Crippen molar-refractivity contribution in [1.29, 1.82) is 0 Å². The molecule has 0 aliphatic heterocycles. The number of rotatable bonds is 0. The molecule has 0 saturated heterocycles. The molecule has 2 nitrogen and oxygen atoms in total. The molecule has 0 fully saturated rings. The molecule has 9 heavy (non-hydrogen) atoms. The van der Waals surface area contributed by atoms with Crippen LogP contribution in [0.15, 0.2) is 28.9 Å². The highest BCUT2D eigenvalue weighted by Crippen LogP contribution is 2.09. The van der Waals surface area contributed by atoms with E-state index in [0.29, 0.717) is 0 Å². The Bertz CT molecular complexity index is 283. The van der Waals surface area contributed by atoms with Gasteiger partial charge in [0.05, 0.1) is 6.20 Å². The lowest BCUT2D eigenvalue weighted by Gasteiger charge is -1.78. The zero-order chi connectivity index (χ0) is 6.10. The fourth-order valence-corrected chi connectivity index (χ4v) is 0.751. The van der Waals surface area contributed by atoms with E-state index in [1.54, 1.807) is 6.20 Å². The summed E-state index contributed by atoms with van der Waals surface area (Å²) in [4.78, 5) is 0. The summed E-state index contributed by atoms with van der Waals surface area (Å²) >= 11 is 0. The van der Waals surface area contributed by atoms with E-state index in [0.717, 1.165) is 11.0 Å². The number of nitrogens with zero attached hydrogens (tertiary/aromatic N) is 1. The van der Waals surface area contributed by atoms with Crippen molar-refractivity contribution in [3.05, 3.63) is 30.5 Å². The first-order valence-electron chi connectivity index (χ1n) is 2.68. The lowest BCUT2D eigenvalue weighted by Crippen LogP contribution is -1.58. The van der Waals surface area contributed by atoms with E-state index in [4.69, 9.17) is 4.52 Å². The predicted molar refractivity (Wildman–Crippen MR) is 32.8 cm³/mol. The summed E-state index contributed by atoms with van der Waals surface area (Å²) in [6, 6.07) is 8.54. The molecule has 1 aromatic carbocycles. The standard InChI is InChI=1S/C7H4NO/c1-2-4-7-6(3-1)5-8-9-7/h1-2,4-5H. The molecular formula is C7H4NO. The lowest BCUT2D eigenvalue weighted by atomic mass is 10.3. The molecule has 0 spiro atoms. The van der Waals surface area contributed by atoms with Crippen molar-refractivity contribution in [3.8, 4) is 0 Å². The third-order valence-corrected chi connectivity index (χ3v) is 1.18. The average molecular weight is 118 g/mol. The van der Waals surface area contributed by atoms with Gasteiger partial charge in [-0.25, -0.2) is 0 Å². The summed E-state index contributed by atoms with van der Waals surface area (Å²) in [5.41, 5.74) is 0.789. The third kappa shape index (κ3) is 0.598. The number of aromatic nitrogens is 1. The van der Waals surface area contributed by atoms with Crippen LogP contribution < -0.4 is 0 Å². The number of benzene rings is 1. The van der Waals surface area contributed by atoms with Crippen LogP contribution in [0, 0.1) is 6.07 Å². The molecule has 0 aliphatic carbocycles. The Morgan fingerprint density at radius 1 is 1.56 bits per heavy atom. The SMILES string of the molecule is [c]1cccc2oncc12. The Kier molecular flexibility index (Phi) is 0.803. The summed E-state index contributed by atoms with van der Waals surface area (Å²) in [6.45, 7) is 0. The van der Waals surface area contributed by atoms with Gasteiger partial charge >= 0.3 is 0 Å². The second kappa shape index (κ2) is 1.58. The molecule has 1 aromatic heterocycles. The molecule has 0 amide bonds. The van der Waals surface area contributed by atoms with Gasteiger partial charge in [0.1, 0.15) is 0 Å². The Morgan fingerprint density at radius 3 is 3.44 bits per heavy atom. The van der Waals surface area contributed by atoms with Gasteiger partial charge in [-0.05, 0) is 12.1 Å². The van der Waals surface area contributed by atoms with Crippen LogP contribution in [0.3, 0.4) is 0 Å². The molecule has 0 N–H and O–H groups in total. The zero-order valence-electron chi connectivity index (χ0n) is 4.66. The van der Waals surface area contributed by atoms with E-state index in [-0.39, 0.29) is 0 Å². The summed E-state index contributed by atoms with van der Waals surface area (Å²) < 4.78 is 4.84. The molecule has 0 bridgehead atoms. The fourth-order valence-electron chi connectivity index (χ4n) is 0.751.